The number of rotatable bonds is 2. The van der Waals surface area contributed by atoms with Crippen molar-refractivity contribution >= 4 is 5.78 Å². The van der Waals surface area contributed by atoms with Crippen LogP contribution in [0.2, 0.25) is 0 Å². The highest BCUT2D eigenvalue weighted by atomic mass is 16.5. The molecule has 1 N–H and O–H groups in total. The Morgan fingerprint density at radius 1 is 1.19 bits per heavy atom. The molecule has 3 saturated carbocycles. The van der Waals surface area contributed by atoms with E-state index in [2.05, 4.69) is 20.8 Å². The summed E-state index contributed by atoms with van der Waals surface area (Å²) < 4.78 is 17.8. The Kier molecular flexibility index (Phi) is 3.42. The van der Waals surface area contributed by atoms with Crippen LogP contribution >= 0.6 is 0 Å². The molecule has 5 heteroatoms. The Morgan fingerprint density at radius 3 is 2.44 bits per heavy atom. The van der Waals surface area contributed by atoms with Crippen molar-refractivity contribution in [1.29, 1.82) is 0 Å². The first-order chi connectivity index (χ1) is 12.6. The van der Waals surface area contributed by atoms with Gasteiger partial charge in [0.15, 0.2) is 5.78 Å². The van der Waals surface area contributed by atoms with Crippen LogP contribution in [0.25, 0.3) is 0 Å². The van der Waals surface area contributed by atoms with Gasteiger partial charge in [-0.15, -0.1) is 0 Å². The van der Waals surface area contributed by atoms with Gasteiger partial charge in [-0.2, -0.15) is 0 Å². The SMILES string of the molecule is CO[C@H]1C(=O)[C@]2(C)[C@@H](OC)C[C@H]3OC[C@H]3C23C[C@]2(C)C[C@H](O)C(C)=C1C32C. The van der Waals surface area contributed by atoms with E-state index in [0.29, 0.717) is 5.92 Å². The normalized spacial score (nSPS) is 58.6. The van der Waals surface area contributed by atoms with Gasteiger partial charge < -0.3 is 19.3 Å². The Morgan fingerprint density at radius 2 is 1.89 bits per heavy atom. The van der Waals surface area contributed by atoms with Crippen LogP contribution in [0.15, 0.2) is 11.1 Å². The third-order valence-corrected chi connectivity index (χ3v) is 10.00. The number of ketones is 1. The molecule has 5 rings (SSSR count). The molecule has 1 heterocycles. The minimum Gasteiger partial charge on any atom is -0.389 e. The molecular weight excluding hydrogens is 344 g/mol. The Bertz CT molecular complexity index is 760. The third kappa shape index (κ3) is 1.54. The Hall–Kier alpha value is -0.750. The molecule has 0 bridgehead atoms. The number of aliphatic hydroxyl groups excluding tert-OH is 1. The number of hydrogen-bond acceptors (Lipinski definition) is 5. The maximum Gasteiger partial charge on any atom is 0.174 e. The Balaban J connectivity index is 1.83. The summed E-state index contributed by atoms with van der Waals surface area (Å²) in [4.78, 5) is 14.0. The van der Waals surface area contributed by atoms with Gasteiger partial charge in [0.25, 0.3) is 0 Å². The molecule has 0 aromatic carbocycles. The molecule has 1 spiro atoms. The monoisotopic (exact) mass is 376 g/mol. The predicted octanol–water partition coefficient (Wildman–Crippen LogP) is 2.51. The van der Waals surface area contributed by atoms with Gasteiger partial charge in [-0.3, -0.25) is 4.79 Å². The fraction of sp³-hybridized carbons (Fsp3) is 0.864. The van der Waals surface area contributed by atoms with Crippen LogP contribution in [-0.4, -0.2) is 56.1 Å². The van der Waals surface area contributed by atoms with E-state index in [1.165, 1.54) is 0 Å². The number of methoxy groups -OCH3 is 2. The number of hydrogen-bond donors (Lipinski definition) is 1. The second-order valence-corrected chi connectivity index (χ2v) is 10.3. The van der Waals surface area contributed by atoms with E-state index >= 15 is 0 Å². The number of Topliss-reactive ketones (excluding diaryl/α,β-unsaturated/α-hetero) is 1. The number of fused-ring (bicyclic) bond motifs is 1. The fourth-order valence-corrected chi connectivity index (χ4v) is 8.55. The second kappa shape index (κ2) is 5.05. The zero-order valence-corrected chi connectivity index (χ0v) is 17.3. The molecule has 0 aromatic rings. The van der Waals surface area contributed by atoms with E-state index in [9.17, 15) is 9.90 Å². The topological polar surface area (TPSA) is 65.0 Å². The highest BCUT2D eigenvalue weighted by molar-refractivity contribution is 5.96. The summed E-state index contributed by atoms with van der Waals surface area (Å²) in [5.41, 5.74) is 0.939. The van der Waals surface area contributed by atoms with E-state index in [4.69, 9.17) is 14.2 Å². The van der Waals surface area contributed by atoms with E-state index in [1.807, 2.05) is 6.92 Å². The van der Waals surface area contributed by atoms with Crippen LogP contribution in [0.4, 0.5) is 0 Å². The zero-order valence-electron chi connectivity index (χ0n) is 17.3. The summed E-state index contributed by atoms with van der Waals surface area (Å²) in [5, 5.41) is 10.8. The zero-order chi connectivity index (χ0) is 19.6. The van der Waals surface area contributed by atoms with Gasteiger partial charge in [0, 0.05) is 37.4 Å². The van der Waals surface area contributed by atoms with Crippen LogP contribution < -0.4 is 0 Å². The first-order valence-corrected chi connectivity index (χ1v) is 10.2. The minimum atomic E-state index is -0.603. The maximum atomic E-state index is 14.0. The number of carbonyl (C=O) groups excluding carboxylic acids is 1. The molecule has 150 valence electrons. The Labute approximate surface area is 161 Å². The molecule has 9 atom stereocenters. The van der Waals surface area contributed by atoms with Crippen molar-refractivity contribution in [2.24, 2.45) is 27.6 Å². The predicted molar refractivity (Wildman–Crippen MR) is 99.1 cm³/mol. The van der Waals surface area contributed by atoms with Crippen LogP contribution in [0.3, 0.4) is 0 Å². The van der Waals surface area contributed by atoms with Crippen molar-refractivity contribution in [2.75, 3.05) is 20.8 Å². The van der Waals surface area contributed by atoms with Crippen molar-refractivity contribution in [3.8, 4) is 0 Å². The van der Waals surface area contributed by atoms with E-state index in [1.54, 1.807) is 14.2 Å². The molecule has 5 aliphatic rings. The molecule has 4 fully saturated rings. The maximum absolute atomic E-state index is 14.0. The van der Waals surface area contributed by atoms with Gasteiger partial charge >= 0.3 is 0 Å². The molecule has 0 aromatic heterocycles. The molecule has 4 aliphatic carbocycles. The smallest absolute Gasteiger partial charge is 0.174 e. The molecule has 0 amide bonds. The highest BCUT2D eigenvalue weighted by Crippen LogP contribution is 2.86. The van der Waals surface area contributed by atoms with Crippen LogP contribution in [0.5, 0.6) is 0 Å². The van der Waals surface area contributed by atoms with Gasteiger partial charge in [-0.1, -0.05) is 13.8 Å². The molecule has 27 heavy (non-hydrogen) atoms. The number of aliphatic hydroxyl groups is 1. The largest absolute Gasteiger partial charge is 0.389 e. The van der Waals surface area contributed by atoms with Gasteiger partial charge in [0.2, 0.25) is 0 Å². The number of carbonyl (C=O) groups is 1. The van der Waals surface area contributed by atoms with E-state index < -0.39 is 17.6 Å². The molecule has 1 aliphatic heterocycles. The van der Waals surface area contributed by atoms with Gasteiger partial charge in [-0.05, 0) is 43.3 Å². The lowest BCUT2D eigenvalue weighted by Gasteiger charge is -2.84. The first-order valence-electron chi connectivity index (χ1n) is 10.2. The first kappa shape index (κ1) is 18.3. The van der Waals surface area contributed by atoms with Crippen LogP contribution in [-0.2, 0) is 19.0 Å². The molecule has 2 unspecified atom stereocenters. The lowest BCUT2D eigenvalue weighted by molar-refractivity contribution is -0.373. The lowest BCUT2D eigenvalue weighted by Crippen LogP contribution is -2.86. The van der Waals surface area contributed by atoms with Crippen molar-refractivity contribution in [3.05, 3.63) is 11.1 Å². The quantitative estimate of drug-likeness (QED) is 0.750. The summed E-state index contributed by atoms with van der Waals surface area (Å²) in [6.07, 6.45) is 1.36. The average molecular weight is 376 g/mol. The molecule has 1 saturated heterocycles. The molecule has 5 nitrogen and oxygen atoms in total. The van der Waals surface area contributed by atoms with E-state index in [-0.39, 0.29) is 34.2 Å². The third-order valence-electron chi connectivity index (χ3n) is 10.00. The fourth-order valence-electron chi connectivity index (χ4n) is 8.55. The lowest BCUT2D eigenvalue weighted by atomic mass is 9.20. The van der Waals surface area contributed by atoms with Gasteiger partial charge in [0.1, 0.15) is 6.10 Å². The minimum absolute atomic E-state index is 0.0459. The van der Waals surface area contributed by atoms with Gasteiger partial charge in [-0.25, -0.2) is 0 Å². The average Bonchev–Trinajstić information content (AvgIpc) is 2.60. The standard InChI is InChI=1S/C22H32O5/c1-11-13(23)8-19(2)10-22-12-9-27-14(12)7-15(25-5)20(22,3)18(24)17(26-6)16(11)21(19,22)4/h12-15,17,23H,7-10H2,1-6H3/t12-,13+,14-,15+,17-,19+,20+,21?,22?/m1/s1. The summed E-state index contributed by atoms with van der Waals surface area (Å²) in [6.45, 7) is 9.48. The van der Waals surface area contributed by atoms with Crippen molar-refractivity contribution in [3.63, 3.8) is 0 Å². The molecule has 0 radical (unpaired) electrons. The summed E-state index contributed by atoms with van der Waals surface area (Å²) in [7, 11) is 3.35. The highest BCUT2D eigenvalue weighted by Gasteiger charge is 2.87. The molecular formula is C22H32O5. The van der Waals surface area contributed by atoms with E-state index in [0.717, 1.165) is 37.0 Å². The number of ether oxygens (including phenoxy) is 3. The summed E-state index contributed by atoms with van der Waals surface area (Å²) in [5.74, 6) is 0.497. The van der Waals surface area contributed by atoms with Gasteiger partial charge in [0.05, 0.1) is 30.3 Å². The second-order valence-electron chi connectivity index (χ2n) is 10.3. The van der Waals surface area contributed by atoms with Crippen LogP contribution in [0, 0.1) is 27.6 Å². The van der Waals surface area contributed by atoms with Crippen molar-refractivity contribution in [2.45, 2.75) is 71.4 Å². The summed E-state index contributed by atoms with van der Waals surface area (Å²) >= 11 is 0. The van der Waals surface area contributed by atoms with Crippen molar-refractivity contribution < 1.29 is 24.1 Å². The van der Waals surface area contributed by atoms with Crippen LogP contribution in [0.1, 0.15) is 47.0 Å². The van der Waals surface area contributed by atoms with Crippen molar-refractivity contribution in [1.82, 2.24) is 0 Å². The summed E-state index contributed by atoms with van der Waals surface area (Å²) in [6, 6.07) is 0.